The van der Waals surface area contributed by atoms with Crippen molar-refractivity contribution in [2.24, 2.45) is 0 Å². The summed E-state index contributed by atoms with van der Waals surface area (Å²) in [6.07, 6.45) is -3.15. The highest BCUT2D eigenvalue weighted by Gasteiger charge is 2.30. The summed E-state index contributed by atoms with van der Waals surface area (Å²) in [5.74, 6) is -0.00975. The van der Waals surface area contributed by atoms with E-state index >= 15 is 0 Å². The number of hydrogen-bond acceptors (Lipinski definition) is 3. The van der Waals surface area contributed by atoms with Crippen LogP contribution in [0.3, 0.4) is 0 Å². The summed E-state index contributed by atoms with van der Waals surface area (Å²) in [7, 11) is 0. The van der Waals surface area contributed by atoms with Gasteiger partial charge in [-0.15, -0.1) is 0 Å². The maximum atomic E-state index is 12.9. The van der Waals surface area contributed by atoms with Crippen LogP contribution >= 0.6 is 0 Å². The molecule has 0 radical (unpaired) electrons. The Hall–Kier alpha value is -3.79. The van der Waals surface area contributed by atoms with Crippen molar-refractivity contribution < 1.29 is 22.4 Å². The van der Waals surface area contributed by atoms with Crippen LogP contribution in [0.25, 0.3) is 17.4 Å². The molecule has 3 rings (SSSR count). The summed E-state index contributed by atoms with van der Waals surface area (Å²) in [6.45, 7) is 1.78. The largest absolute Gasteiger partial charge is 0.457 e. The van der Waals surface area contributed by atoms with Crippen molar-refractivity contribution in [1.82, 2.24) is 5.32 Å². The van der Waals surface area contributed by atoms with Crippen LogP contribution in [-0.4, -0.2) is 5.91 Å². The van der Waals surface area contributed by atoms with Gasteiger partial charge in [-0.05, 0) is 42.8 Å². The van der Waals surface area contributed by atoms with Crippen LogP contribution < -0.4 is 5.32 Å². The molecule has 0 spiro atoms. The Morgan fingerprint density at radius 1 is 1.10 bits per heavy atom. The van der Waals surface area contributed by atoms with Crippen LogP contribution in [0.4, 0.5) is 13.2 Å². The number of furan rings is 1. The Bertz CT molecular complexity index is 1120. The number of nitrogens with zero attached hydrogens (tertiary/aromatic N) is 1. The molecule has 2 aromatic carbocycles. The first kappa shape index (κ1) is 20.0. The SMILES string of the molecule is Cc1ccccc1C(=O)NC(C#N)=Cc1ccc(-c2cccc(C(F)(F)F)c2)o1. The molecule has 0 unspecified atom stereocenters. The van der Waals surface area contributed by atoms with E-state index in [1.165, 1.54) is 30.3 Å². The number of carbonyl (C=O) groups excluding carboxylic acids is 1. The molecule has 29 heavy (non-hydrogen) atoms. The Morgan fingerprint density at radius 3 is 2.55 bits per heavy atom. The average molecular weight is 396 g/mol. The second-order valence-electron chi connectivity index (χ2n) is 6.22. The number of carbonyl (C=O) groups is 1. The van der Waals surface area contributed by atoms with Gasteiger partial charge in [-0.2, -0.15) is 18.4 Å². The van der Waals surface area contributed by atoms with Crippen molar-refractivity contribution in [2.45, 2.75) is 13.1 Å². The fourth-order valence-corrected chi connectivity index (χ4v) is 2.69. The molecule has 146 valence electrons. The zero-order chi connectivity index (χ0) is 21.0. The van der Waals surface area contributed by atoms with Crippen molar-refractivity contribution in [3.05, 3.63) is 88.8 Å². The number of nitriles is 1. The number of amides is 1. The van der Waals surface area contributed by atoms with Crippen LogP contribution in [0.15, 0.2) is 70.8 Å². The lowest BCUT2D eigenvalue weighted by Crippen LogP contribution is -2.22. The second kappa shape index (κ2) is 8.07. The standard InChI is InChI=1S/C22H15F3N2O2/c1-14-5-2-3-8-19(14)21(28)27-17(13-26)12-18-9-10-20(29-18)15-6-4-7-16(11-15)22(23,24)25/h2-12H,1H3,(H,27,28). The number of allylic oxidation sites excluding steroid dienone is 1. The van der Waals surface area contributed by atoms with Crippen LogP contribution in [0.2, 0.25) is 0 Å². The molecule has 0 saturated heterocycles. The summed E-state index contributed by atoms with van der Waals surface area (Å²) < 4.78 is 44.2. The third-order valence-corrected chi connectivity index (χ3v) is 4.15. The first-order valence-corrected chi connectivity index (χ1v) is 8.54. The molecule has 0 aliphatic carbocycles. The Morgan fingerprint density at radius 2 is 1.86 bits per heavy atom. The average Bonchev–Trinajstić information content (AvgIpc) is 3.15. The second-order valence-corrected chi connectivity index (χ2v) is 6.22. The number of alkyl halides is 3. The number of aryl methyl sites for hydroxylation is 1. The molecule has 1 N–H and O–H groups in total. The third kappa shape index (κ3) is 4.74. The maximum Gasteiger partial charge on any atom is 0.416 e. The van der Waals surface area contributed by atoms with Gasteiger partial charge in [0.15, 0.2) is 0 Å². The molecule has 1 amide bonds. The van der Waals surface area contributed by atoms with Gasteiger partial charge >= 0.3 is 6.18 Å². The lowest BCUT2D eigenvalue weighted by molar-refractivity contribution is -0.137. The van der Waals surface area contributed by atoms with Crippen molar-refractivity contribution >= 4 is 12.0 Å². The molecule has 0 fully saturated rings. The molecule has 0 saturated carbocycles. The van der Waals surface area contributed by atoms with Gasteiger partial charge in [-0.3, -0.25) is 4.79 Å². The topological polar surface area (TPSA) is 66.0 Å². The van der Waals surface area contributed by atoms with Crippen LogP contribution in [0, 0.1) is 18.3 Å². The van der Waals surface area contributed by atoms with E-state index in [0.717, 1.165) is 17.7 Å². The fourth-order valence-electron chi connectivity index (χ4n) is 2.69. The Kier molecular flexibility index (Phi) is 5.55. The summed E-state index contributed by atoms with van der Waals surface area (Å²) in [5.41, 5.74) is 0.599. The quantitative estimate of drug-likeness (QED) is 0.587. The highest BCUT2D eigenvalue weighted by molar-refractivity contribution is 5.97. The Balaban J connectivity index is 1.82. The first-order valence-electron chi connectivity index (χ1n) is 8.54. The summed E-state index contributed by atoms with van der Waals surface area (Å²) in [5, 5.41) is 11.8. The zero-order valence-corrected chi connectivity index (χ0v) is 15.2. The van der Waals surface area contributed by atoms with Gasteiger partial charge in [0.2, 0.25) is 0 Å². The van der Waals surface area contributed by atoms with E-state index < -0.39 is 17.6 Å². The molecule has 1 aromatic heterocycles. The fraction of sp³-hybridized carbons (Fsp3) is 0.0909. The van der Waals surface area contributed by atoms with Gasteiger partial charge in [0.25, 0.3) is 5.91 Å². The smallest absolute Gasteiger partial charge is 0.416 e. The maximum absolute atomic E-state index is 12.9. The van der Waals surface area contributed by atoms with E-state index in [2.05, 4.69) is 5.32 Å². The summed E-state index contributed by atoms with van der Waals surface area (Å²) >= 11 is 0. The molecule has 3 aromatic rings. The molecule has 0 atom stereocenters. The van der Waals surface area contributed by atoms with E-state index in [4.69, 9.17) is 4.42 Å². The lowest BCUT2D eigenvalue weighted by Gasteiger charge is -2.07. The van der Waals surface area contributed by atoms with Crippen molar-refractivity contribution in [1.29, 1.82) is 5.26 Å². The Labute approximate surface area is 164 Å². The summed E-state index contributed by atoms with van der Waals surface area (Å²) in [6, 6.07) is 16.5. The van der Waals surface area contributed by atoms with Gasteiger partial charge in [-0.25, -0.2) is 0 Å². The third-order valence-electron chi connectivity index (χ3n) is 4.15. The molecule has 7 heteroatoms. The molecule has 0 bridgehead atoms. The highest BCUT2D eigenvalue weighted by Crippen LogP contribution is 2.32. The van der Waals surface area contributed by atoms with Crippen molar-refractivity contribution in [2.75, 3.05) is 0 Å². The molecular weight excluding hydrogens is 381 g/mol. The van der Waals surface area contributed by atoms with E-state index in [-0.39, 0.29) is 22.8 Å². The van der Waals surface area contributed by atoms with Crippen LogP contribution in [0.1, 0.15) is 27.2 Å². The van der Waals surface area contributed by atoms with E-state index in [9.17, 15) is 23.2 Å². The molecule has 0 aliphatic heterocycles. The van der Waals surface area contributed by atoms with Gasteiger partial charge in [0, 0.05) is 17.2 Å². The van der Waals surface area contributed by atoms with Crippen molar-refractivity contribution in [3.63, 3.8) is 0 Å². The number of halogens is 3. The van der Waals surface area contributed by atoms with E-state index in [1.807, 2.05) is 6.07 Å². The minimum atomic E-state index is -4.46. The summed E-state index contributed by atoms with van der Waals surface area (Å²) in [4.78, 5) is 12.3. The van der Waals surface area contributed by atoms with Crippen LogP contribution in [0.5, 0.6) is 0 Å². The van der Waals surface area contributed by atoms with Crippen molar-refractivity contribution in [3.8, 4) is 17.4 Å². The van der Waals surface area contributed by atoms with Gasteiger partial charge in [-0.1, -0.05) is 30.3 Å². The monoisotopic (exact) mass is 396 g/mol. The molecule has 0 aliphatic rings. The van der Waals surface area contributed by atoms with Crippen LogP contribution in [-0.2, 0) is 6.18 Å². The number of benzene rings is 2. The molecular formula is C22H15F3N2O2. The number of nitrogens with one attached hydrogen (secondary N) is 1. The lowest BCUT2D eigenvalue weighted by atomic mass is 10.1. The molecule has 1 heterocycles. The number of rotatable bonds is 4. The van der Waals surface area contributed by atoms with Gasteiger partial charge < -0.3 is 9.73 Å². The molecule has 4 nitrogen and oxygen atoms in total. The normalized spacial score (nSPS) is 11.8. The van der Waals surface area contributed by atoms with E-state index in [0.29, 0.717) is 5.56 Å². The predicted molar refractivity (Wildman–Crippen MR) is 101 cm³/mol. The zero-order valence-electron chi connectivity index (χ0n) is 15.2. The highest BCUT2D eigenvalue weighted by atomic mass is 19.4. The van der Waals surface area contributed by atoms with E-state index in [1.54, 1.807) is 31.2 Å². The minimum absolute atomic E-state index is 0.0526. The number of hydrogen-bond donors (Lipinski definition) is 1. The van der Waals surface area contributed by atoms with Gasteiger partial charge in [0.1, 0.15) is 23.3 Å². The predicted octanol–water partition coefficient (Wildman–Crippen LogP) is 5.57. The minimum Gasteiger partial charge on any atom is -0.457 e. The van der Waals surface area contributed by atoms with Gasteiger partial charge in [0.05, 0.1) is 5.56 Å². The first-order chi connectivity index (χ1) is 13.8.